The van der Waals surface area contributed by atoms with Crippen LogP contribution in [0.5, 0.6) is 0 Å². The van der Waals surface area contributed by atoms with E-state index in [9.17, 15) is 9.59 Å². The Morgan fingerprint density at radius 3 is 2.60 bits per heavy atom. The molecule has 2 saturated heterocycles. The Labute approximate surface area is 182 Å². The summed E-state index contributed by atoms with van der Waals surface area (Å²) in [5.41, 5.74) is 1.38. The maximum Gasteiger partial charge on any atom is 0.325 e. The minimum absolute atomic E-state index is 0.304. The van der Waals surface area contributed by atoms with Crippen molar-refractivity contribution in [1.29, 1.82) is 0 Å². The van der Waals surface area contributed by atoms with E-state index >= 15 is 0 Å². The minimum Gasteiger partial charge on any atom is -0.343 e. The maximum atomic E-state index is 12.6. The number of likely N-dealkylation sites (N-methyl/N-ethyl adjacent to an activating group) is 1. The zero-order valence-corrected chi connectivity index (χ0v) is 18.2. The number of fused-ring (bicyclic) bond motifs is 1. The van der Waals surface area contributed by atoms with Crippen LogP contribution in [0.15, 0.2) is 46.4 Å². The van der Waals surface area contributed by atoms with Crippen molar-refractivity contribution >= 4 is 29.5 Å². The molecule has 0 aromatic heterocycles. The van der Waals surface area contributed by atoms with Crippen LogP contribution in [0.4, 0.5) is 4.79 Å². The molecule has 3 aliphatic rings. The predicted molar refractivity (Wildman–Crippen MR) is 117 cm³/mol. The number of amides is 3. The molecule has 0 spiro atoms. The zero-order chi connectivity index (χ0) is 21.3. The standard InChI is InChI=1S/C22H28ClN5O2/c1-15(23)8-13-28-18-19(26(2)22(30)25-20(18)29)24-21(28)27-11-9-17(10-12-27)14-16-6-4-3-5-7-16/h3-8,17-19H,9-14H2,1-2H3,(H,25,29,30)/b15-8-. The van der Waals surface area contributed by atoms with Crippen LogP contribution in [0, 0.1) is 5.92 Å². The van der Waals surface area contributed by atoms with Gasteiger partial charge in [-0.05, 0) is 37.7 Å². The van der Waals surface area contributed by atoms with Gasteiger partial charge in [0, 0.05) is 31.7 Å². The Morgan fingerprint density at radius 2 is 1.93 bits per heavy atom. The Balaban J connectivity index is 1.49. The zero-order valence-electron chi connectivity index (χ0n) is 17.4. The van der Waals surface area contributed by atoms with Crippen molar-refractivity contribution in [2.75, 3.05) is 26.7 Å². The second kappa shape index (κ2) is 8.68. The summed E-state index contributed by atoms with van der Waals surface area (Å²) in [6.45, 7) is 4.07. The van der Waals surface area contributed by atoms with Gasteiger partial charge < -0.3 is 14.7 Å². The van der Waals surface area contributed by atoms with Crippen LogP contribution in [0.1, 0.15) is 25.3 Å². The smallest absolute Gasteiger partial charge is 0.325 e. The van der Waals surface area contributed by atoms with Crippen LogP contribution >= 0.6 is 11.6 Å². The van der Waals surface area contributed by atoms with Crippen LogP contribution in [0.3, 0.4) is 0 Å². The number of benzene rings is 1. The number of allylic oxidation sites excluding steroid dienone is 1. The third kappa shape index (κ3) is 4.17. The van der Waals surface area contributed by atoms with E-state index in [1.165, 1.54) is 10.5 Å². The summed E-state index contributed by atoms with van der Waals surface area (Å²) in [5.74, 6) is 1.12. The van der Waals surface area contributed by atoms with Crippen molar-refractivity contribution in [3.8, 4) is 0 Å². The molecule has 8 heteroatoms. The molecule has 1 aromatic rings. The molecule has 2 fully saturated rings. The summed E-state index contributed by atoms with van der Waals surface area (Å²) in [6, 6.07) is 9.67. The second-order valence-electron chi connectivity index (χ2n) is 8.26. The molecule has 3 amide bonds. The van der Waals surface area contributed by atoms with Gasteiger partial charge in [0.25, 0.3) is 5.91 Å². The van der Waals surface area contributed by atoms with E-state index in [2.05, 4.69) is 34.5 Å². The average Bonchev–Trinajstić information content (AvgIpc) is 3.12. The highest BCUT2D eigenvalue weighted by molar-refractivity contribution is 6.29. The molecule has 30 heavy (non-hydrogen) atoms. The highest BCUT2D eigenvalue weighted by Gasteiger charge is 2.49. The molecule has 0 bridgehead atoms. The van der Waals surface area contributed by atoms with Crippen molar-refractivity contribution in [3.05, 3.63) is 47.0 Å². The topological polar surface area (TPSA) is 68.2 Å². The number of carbonyl (C=O) groups excluding carboxylic acids is 2. The molecule has 3 heterocycles. The molecule has 2 atom stereocenters. The number of hydrogen-bond acceptors (Lipinski definition) is 5. The van der Waals surface area contributed by atoms with Gasteiger partial charge in [0.15, 0.2) is 18.2 Å². The largest absolute Gasteiger partial charge is 0.343 e. The summed E-state index contributed by atoms with van der Waals surface area (Å²) < 4.78 is 0. The number of piperidine rings is 1. The molecule has 4 rings (SSSR count). The Hall–Kier alpha value is -2.54. The van der Waals surface area contributed by atoms with E-state index in [0.29, 0.717) is 17.5 Å². The molecule has 2 unspecified atom stereocenters. The SMILES string of the molecule is C/C(Cl)=C/CN1C(N2CCC(Cc3ccccc3)CC2)=NC2C1C(=O)NC(=O)N2C. The Morgan fingerprint density at radius 1 is 1.23 bits per heavy atom. The van der Waals surface area contributed by atoms with Gasteiger partial charge in [-0.25, -0.2) is 9.79 Å². The highest BCUT2D eigenvalue weighted by atomic mass is 35.5. The van der Waals surface area contributed by atoms with Crippen LogP contribution in [-0.4, -0.2) is 71.5 Å². The van der Waals surface area contributed by atoms with E-state index in [1.807, 2.05) is 24.0 Å². The number of carbonyl (C=O) groups is 2. The summed E-state index contributed by atoms with van der Waals surface area (Å²) in [5, 5.41) is 3.10. The fourth-order valence-corrected chi connectivity index (χ4v) is 4.55. The molecule has 1 aromatic carbocycles. The lowest BCUT2D eigenvalue weighted by atomic mass is 9.90. The number of aliphatic imine (C=N–C) groups is 1. The third-order valence-electron chi connectivity index (χ3n) is 6.17. The average molecular weight is 430 g/mol. The van der Waals surface area contributed by atoms with Crippen LogP contribution in [0.2, 0.25) is 0 Å². The third-order valence-corrected chi connectivity index (χ3v) is 6.33. The van der Waals surface area contributed by atoms with E-state index in [0.717, 1.165) is 38.3 Å². The molecule has 0 radical (unpaired) electrons. The molecular formula is C22H28ClN5O2. The summed E-state index contributed by atoms with van der Waals surface area (Å²) >= 11 is 6.07. The maximum absolute atomic E-state index is 12.6. The van der Waals surface area contributed by atoms with Gasteiger partial charge in [0.1, 0.15) is 0 Å². The van der Waals surface area contributed by atoms with Crippen molar-refractivity contribution < 1.29 is 9.59 Å². The number of imide groups is 1. The first-order valence-electron chi connectivity index (χ1n) is 10.5. The van der Waals surface area contributed by atoms with Gasteiger partial charge in [-0.15, -0.1) is 0 Å². The van der Waals surface area contributed by atoms with E-state index < -0.39 is 18.2 Å². The van der Waals surface area contributed by atoms with Crippen LogP contribution in [0.25, 0.3) is 0 Å². The number of nitrogens with zero attached hydrogens (tertiary/aromatic N) is 4. The lowest BCUT2D eigenvalue weighted by molar-refractivity contribution is -0.127. The number of likely N-dealkylation sites (tertiary alicyclic amines) is 1. The van der Waals surface area contributed by atoms with E-state index in [4.69, 9.17) is 16.6 Å². The molecule has 0 saturated carbocycles. The number of nitrogens with one attached hydrogen (secondary N) is 1. The van der Waals surface area contributed by atoms with Crippen molar-refractivity contribution in [3.63, 3.8) is 0 Å². The summed E-state index contributed by atoms with van der Waals surface area (Å²) in [7, 11) is 1.68. The molecule has 0 aliphatic carbocycles. The van der Waals surface area contributed by atoms with Crippen molar-refractivity contribution in [2.45, 2.75) is 38.4 Å². The van der Waals surface area contributed by atoms with Gasteiger partial charge in [0.05, 0.1) is 0 Å². The normalized spacial score (nSPS) is 25.4. The molecular weight excluding hydrogens is 402 g/mol. The van der Waals surface area contributed by atoms with E-state index in [1.54, 1.807) is 7.05 Å². The van der Waals surface area contributed by atoms with Gasteiger partial charge in [-0.3, -0.25) is 10.1 Å². The molecule has 3 aliphatic heterocycles. The Bertz CT molecular complexity index is 860. The second-order valence-corrected chi connectivity index (χ2v) is 8.85. The highest BCUT2D eigenvalue weighted by Crippen LogP contribution is 2.29. The predicted octanol–water partition coefficient (Wildman–Crippen LogP) is 2.63. The Kier molecular flexibility index (Phi) is 5.99. The van der Waals surface area contributed by atoms with Crippen LogP contribution in [-0.2, 0) is 11.2 Å². The van der Waals surface area contributed by atoms with Crippen LogP contribution < -0.4 is 5.32 Å². The van der Waals surface area contributed by atoms with Gasteiger partial charge in [-0.1, -0.05) is 48.0 Å². The lowest BCUT2D eigenvalue weighted by Crippen LogP contribution is -2.64. The summed E-state index contributed by atoms with van der Waals surface area (Å²) in [6.07, 6.45) is 4.60. The lowest BCUT2D eigenvalue weighted by Gasteiger charge is -2.39. The molecule has 1 N–H and O–H groups in total. The number of guanidine groups is 1. The minimum atomic E-state index is -0.531. The number of hydrogen-bond donors (Lipinski definition) is 1. The van der Waals surface area contributed by atoms with Gasteiger partial charge in [-0.2, -0.15) is 0 Å². The first-order chi connectivity index (χ1) is 14.4. The van der Waals surface area contributed by atoms with Gasteiger partial charge >= 0.3 is 6.03 Å². The van der Waals surface area contributed by atoms with E-state index in [-0.39, 0.29) is 5.91 Å². The summed E-state index contributed by atoms with van der Waals surface area (Å²) in [4.78, 5) is 35.3. The number of halogens is 1. The number of rotatable bonds is 4. The fourth-order valence-electron chi connectivity index (χ4n) is 4.48. The monoisotopic (exact) mass is 429 g/mol. The fraction of sp³-hybridized carbons (Fsp3) is 0.500. The molecule has 160 valence electrons. The van der Waals surface area contributed by atoms with Gasteiger partial charge in [0.2, 0.25) is 0 Å². The number of urea groups is 1. The molecule has 7 nitrogen and oxygen atoms in total. The quantitative estimate of drug-likeness (QED) is 0.798. The first-order valence-corrected chi connectivity index (χ1v) is 10.8. The van der Waals surface area contributed by atoms with Crippen molar-refractivity contribution in [1.82, 2.24) is 20.0 Å². The first kappa shape index (κ1) is 20.7. The van der Waals surface area contributed by atoms with Crippen molar-refractivity contribution in [2.24, 2.45) is 10.9 Å².